The zero-order chi connectivity index (χ0) is 16.6. The molecule has 0 atom stereocenters. The molecule has 1 aliphatic heterocycles. The van der Waals surface area contributed by atoms with Crippen LogP contribution in [0.4, 0.5) is 0 Å². The number of piperidine rings is 1. The van der Waals surface area contributed by atoms with Gasteiger partial charge < -0.3 is 9.72 Å². The molecular weight excluding hydrogens is 332 g/mol. The smallest absolute Gasteiger partial charge is 0.193 e. The Morgan fingerprint density at radius 1 is 1.24 bits per heavy atom. The SMILES string of the molecule is c1cc(OC2CCN(Cc3cn4ccsc4n3)CC2)c2cc[nH]c2c1. The van der Waals surface area contributed by atoms with Crippen molar-refractivity contribution in [1.82, 2.24) is 19.3 Å². The number of imidazole rings is 1. The number of rotatable bonds is 4. The van der Waals surface area contributed by atoms with Gasteiger partial charge >= 0.3 is 0 Å². The Bertz CT molecular complexity index is 965. The molecule has 1 saturated heterocycles. The van der Waals surface area contributed by atoms with E-state index in [1.807, 2.05) is 12.3 Å². The molecule has 1 fully saturated rings. The van der Waals surface area contributed by atoms with Crippen molar-refractivity contribution in [3.63, 3.8) is 0 Å². The molecule has 1 N–H and O–H groups in total. The average Bonchev–Trinajstić information content (AvgIpc) is 3.32. The first kappa shape index (κ1) is 15.0. The maximum atomic E-state index is 6.30. The molecule has 0 radical (unpaired) electrons. The van der Waals surface area contributed by atoms with Gasteiger partial charge in [-0.1, -0.05) is 6.07 Å². The monoisotopic (exact) mass is 352 g/mol. The highest BCUT2D eigenvalue weighted by Crippen LogP contribution is 2.27. The quantitative estimate of drug-likeness (QED) is 0.605. The first-order valence-corrected chi connectivity index (χ1v) is 9.59. The molecule has 25 heavy (non-hydrogen) atoms. The largest absolute Gasteiger partial charge is 0.490 e. The van der Waals surface area contributed by atoms with Gasteiger partial charge in [0.2, 0.25) is 0 Å². The number of nitrogens with one attached hydrogen (secondary N) is 1. The summed E-state index contributed by atoms with van der Waals surface area (Å²) in [7, 11) is 0. The van der Waals surface area contributed by atoms with Crippen LogP contribution < -0.4 is 4.74 Å². The van der Waals surface area contributed by atoms with E-state index in [4.69, 9.17) is 4.74 Å². The van der Waals surface area contributed by atoms with Crippen LogP contribution in [0, 0.1) is 0 Å². The molecule has 128 valence electrons. The molecule has 3 aromatic heterocycles. The molecule has 4 heterocycles. The van der Waals surface area contributed by atoms with Crippen molar-refractivity contribution in [2.24, 2.45) is 0 Å². The second-order valence-corrected chi connectivity index (χ2v) is 7.49. The first-order chi connectivity index (χ1) is 12.3. The summed E-state index contributed by atoms with van der Waals surface area (Å²) in [5.74, 6) is 0.992. The molecule has 5 rings (SSSR count). The number of fused-ring (bicyclic) bond motifs is 2. The number of likely N-dealkylation sites (tertiary alicyclic amines) is 1. The summed E-state index contributed by atoms with van der Waals surface area (Å²) < 4.78 is 8.40. The normalized spacial score (nSPS) is 16.8. The number of H-pyrrole nitrogens is 1. The van der Waals surface area contributed by atoms with E-state index in [0.717, 1.165) is 54.4 Å². The van der Waals surface area contributed by atoms with Crippen molar-refractivity contribution >= 4 is 27.2 Å². The van der Waals surface area contributed by atoms with Gasteiger partial charge in [-0.2, -0.15) is 0 Å². The Hall–Kier alpha value is -2.31. The lowest BCUT2D eigenvalue weighted by molar-refractivity contribution is 0.0974. The van der Waals surface area contributed by atoms with Gasteiger partial charge in [-0.25, -0.2) is 4.98 Å². The Balaban J connectivity index is 1.21. The topological polar surface area (TPSA) is 45.6 Å². The zero-order valence-electron chi connectivity index (χ0n) is 13.9. The van der Waals surface area contributed by atoms with Crippen LogP contribution in [0.15, 0.2) is 48.2 Å². The Morgan fingerprint density at radius 3 is 3.04 bits per heavy atom. The van der Waals surface area contributed by atoms with Crippen LogP contribution in [0.2, 0.25) is 0 Å². The minimum Gasteiger partial charge on any atom is -0.490 e. The van der Waals surface area contributed by atoms with Crippen LogP contribution in [0.3, 0.4) is 0 Å². The molecule has 5 nitrogen and oxygen atoms in total. The summed E-state index contributed by atoms with van der Waals surface area (Å²) >= 11 is 1.68. The summed E-state index contributed by atoms with van der Waals surface area (Å²) in [6, 6.07) is 8.29. The van der Waals surface area contributed by atoms with Gasteiger partial charge in [-0.05, 0) is 31.0 Å². The molecule has 6 heteroatoms. The van der Waals surface area contributed by atoms with E-state index in [0.29, 0.717) is 6.10 Å². The molecule has 0 bridgehead atoms. The average molecular weight is 352 g/mol. The minimum absolute atomic E-state index is 0.294. The first-order valence-electron chi connectivity index (χ1n) is 8.71. The maximum absolute atomic E-state index is 6.30. The Labute approximate surface area is 149 Å². The Morgan fingerprint density at radius 2 is 2.16 bits per heavy atom. The van der Waals surface area contributed by atoms with Gasteiger partial charge in [-0.3, -0.25) is 9.30 Å². The zero-order valence-corrected chi connectivity index (χ0v) is 14.7. The van der Waals surface area contributed by atoms with E-state index in [1.54, 1.807) is 11.3 Å². The highest BCUT2D eigenvalue weighted by Gasteiger charge is 2.22. The third-order valence-electron chi connectivity index (χ3n) is 4.91. The number of aromatic amines is 1. The molecule has 0 spiro atoms. The Kier molecular flexibility index (Phi) is 3.72. The molecule has 1 aromatic carbocycles. The third kappa shape index (κ3) is 2.92. The van der Waals surface area contributed by atoms with Gasteiger partial charge in [0, 0.05) is 54.5 Å². The summed E-state index contributed by atoms with van der Waals surface area (Å²) in [6.45, 7) is 3.03. The lowest BCUT2D eigenvalue weighted by atomic mass is 10.1. The second-order valence-electron chi connectivity index (χ2n) is 6.61. The molecule has 0 unspecified atom stereocenters. The van der Waals surface area contributed by atoms with Gasteiger partial charge in [-0.15, -0.1) is 11.3 Å². The molecule has 4 aromatic rings. The number of hydrogen-bond acceptors (Lipinski definition) is 4. The van der Waals surface area contributed by atoms with Crippen LogP contribution in [0.25, 0.3) is 15.9 Å². The fourth-order valence-electron chi connectivity index (χ4n) is 3.61. The number of thiazole rings is 1. The van der Waals surface area contributed by atoms with E-state index >= 15 is 0 Å². The minimum atomic E-state index is 0.294. The van der Waals surface area contributed by atoms with E-state index < -0.39 is 0 Å². The fourth-order valence-corrected chi connectivity index (χ4v) is 4.32. The van der Waals surface area contributed by atoms with E-state index in [9.17, 15) is 0 Å². The van der Waals surface area contributed by atoms with Crippen molar-refractivity contribution in [1.29, 1.82) is 0 Å². The van der Waals surface area contributed by atoms with Gasteiger partial charge in [0.05, 0.1) is 5.69 Å². The van der Waals surface area contributed by atoms with Crippen LogP contribution in [0.1, 0.15) is 18.5 Å². The predicted molar refractivity (Wildman–Crippen MR) is 100 cm³/mol. The van der Waals surface area contributed by atoms with Crippen LogP contribution in [-0.2, 0) is 6.54 Å². The molecule has 1 aliphatic rings. The lowest BCUT2D eigenvalue weighted by Gasteiger charge is -2.31. The van der Waals surface area contributed by atoms with Crippen molar-refractivity contribution in [3.8, 4) is 5.75 Å². The number of nitrogens with zero attached hydrogens (tertiary/aromatic N) is 3. The van der Waals surface area contributed by atoms with Crippen LogP contribution in [0.5, 0.6) is 5.75 Å². The highest BCUT2D eigenvalue weighted by atomic mass is 32.1. The van der Waals surface area contributed by atoms with Crippen molar-refractivity contribution in [3.05, 3.63) is 53.9 Å². The summed E-state index contributed by atoms with van der Waals surface area (Å²) in [4.78, 5) is 11.5. The van der Waals surface area contributed by atoms with Crippen LogP contribution >= 0.6 is 11.3 Å². The van der Waals surface area contributed by atoms with Crippen LogP contribution in [-0.4, -0.2) is 38.5 Å². The highest BCUT2D eigenvalue weighted by molar-refractivity contribution is 7.15. The second kappa shape index (κ2) is 6.20. The standard InChI is InChI=1S/C19H20N4OS/c1-2-17-16(4-7-20-17)18(3-1)24-15-5-8-22(9-6-15)12-14-13-23-10-11-25-19(23)21-14/h1-4,7,10-11,13,15,20H,5-6,8-9,12H2. The number of aromatic nitrogens is 3. The van der Waals surface area contributed by atoms with E-state index in [2.05, 4.69) is 55.2 Å². The van der Waals surface area contributed by atoms with E-state index in [-0.39, 0.29) is 0 Å². The number of ether oxygens (including phenoxy) is 1. The molecule has 0 amide bonds. The van der Waals surface area contributed by atoms with Crippen molar-refractivity contribution in [2.75, 3.05) is 13.1 Å². The van der Waals surface area contributed by atoms with E-state index in [1.165, 1.54) is 5.39 Å². The molecule has 0 aliphatic carbocycles. The van der Waals surface area contributed by atoms with Gasteiger partial charge in [0.1, 0.15) is 11.9 Å². The number of hydrogen-bond donors (Lipinski definition) is 1. The van der Waals surface area contributed by atoms with Crippen molar-refractivity contribution in [2.45, 2.75) is 25.5 Å². The molecule has 0 saturated carbocycles. The maximum Gasteiger partial charge on any atom is 0.193 e. The summed E-state index contributed by atoms with van der Waals surface area (Å²) in [5.41, 5.74) is 2.29. The number of benzene rings is 1. The van der Waals surface area contributed by atoms with Gasteiger partial charge in [0.25, 0.3) is 0 Å². The molecular formula is C19H20N4OS. The summed E-state index contributed by atoms with van der Waals surface area (Å²) in [6.07, 6.45) is 8.59. The lowest BCUT2D eigenvalue weighted by Crippen LogP contribution is -2.37. The fraction of sp³-hybridized carbons (Fsp3) is 0.316. The third-order valence-corrected chi connectivity index (χ3v) is 5.68. The summed E-state index contributed by atoms with van der Waals surface area (Å²) in [5, 5.41) is 3.24. The van der Waals surface area contributed by atoms with Crippen molar-refractivity contribution < 1.29 is 4.74 Å². The predicted octanol–water partition coefficient (Wildman–Crippen LogP) is 3.92. The van der Waals surface area contributed by atoms with Gasteiger partial charge in [0.15, 0.2) is 4.96 Å².